The summed E-state index contributed by atoms with van der Waals surface area (Å²) in [7, 11) is 2.21. The van der Waals surface area contributed by atoms with Gasteiger partial charge in [-0.1, -0.05) is 18.6 Å². The maximum atomic E-state index is 6.02. The number of fused-ring (bicyclic) bond motifs is 2. The van der Waals surface area contributed by atoms with Crippen molar-refractivity contribution in [1.29, 1.82) is 0 Å². The van der Waals surface area contributed by atoms with Crippen molar-refractivity contribution in [2.75, 3.05) is 20.1 Å². The van der Waals surface area contributed by atoms with Crippen LogP contribution in [0.2, 0.25) is 0 Å². The molecule has 0 amide bonds. The van der Waals surface area contributed by atoms with E-state index in [4.69, 9.17) is 14.7 Å². The summed E-state index contributed by atoms with van der Waals surface area (Å²) in [4.78, 5) is 14.7. The van der Waals surface area contributed by atoms with Gasteiger partial charge in [-0.3, -0.25) is 9.80 Å². The number of hydrogen-bond acceptors (Lipinski definition) is 5. The molecular weight excluding hydrogens is 360 g/mol. The first-order valence-corrected chi connectivity index (χ1v) is 11.0. The molecule has 154 valence electrons. The third kappa shape index (κ3) is 3.90. The number of aromatic nitrogens is 2. The summed E-state index contributed by atoms with van der Waals surface area (Å²) in [5.41, 5.74) is 5.19. The van der Waals surface area contributed by atoms with E-state index in [0.717, 1.165) is 50.6 Å². The van der Waals surface area contributed by atoms with Crippen molar-refractivity contribution < 1.29 is 4.74 Å². The van der Waals surface area contributed by atoms with E-state index in [2.05, 4.69) is 55.1 Å². The molecule has 5 rings (SSSR count). The fourth-order valence-electron chi connectivity index (χ4n) is 5.11. The number of rotatable bonds is 3. The zero-order valence-corrected chi connectivity index (χ0v) is 17.9. The molecule has 0 radical (unpaired) electrons. The van der Waals surface area contributed by atoms with E-state index in [9.17, 15) is 0 Å². The summed E-state index contributed by atoms with van der Waals surface area (Å²) in [5, 5.41) is 0. The van der Waals surface area contributed by atoms with E-state index >= 15 is 0 Å². The van der Waals surface area contributed by atoms with E-state index in [1.807, 2.05) is 0 Å². The third-order valence-electron chi connectivity index (χ3n) is 6.63. The van der Waals surface area contributed by atoms with Gasteiger partial charge in [0.2, 0.25) is 0 Å². The summed E-state index contributed by atoms with van der Waals surface area (Å²) >= 11 is 0. The topological polar surface area (TPSA) is 41.5 Å². The lowest BCUT2D eigenvalue weighted by atomic mass is 9.99. The molecule has 0 bridgehead atoms. The van der Waals surface area contributed by atoms with Crippen LogP contribution in [0.1, 0.15) is 67.4 Å². The fraction of sp³-hybridized carbons (Fsp3) is 0.583. The molecule has 0 aliphatic carbocycles. The zero-order chi connectivity index (χ0) is 20.0. The van der Waals surface area contributed by atoms with Crippen molar-refractivity contribution >= 4 is 0 Å². The summed E-state index contributed by atoms with van der Waals surface area (Å²) in [5.74, 6) is 2.08. The first-order chi connectivity index (χ1) is 14.0. The standard InChI is InChI=1S/C24H32N4O/c1-24(2)13-18-12-17(7-8-22(18)29-24)15-28-11-9-20-19(16-28)14-25-23(26-20)21-6-4-5-10-27(21)3/h7-8,12,14,21H,4-6,9-11,13,15-16H2,1-3H3. The largest absolute Gasteiger partial charge is 0.487 e. The summed E-state index contributed by atoms with van der Waals surface area (Å²) in [6.45, 7) is 8.45. The summed E-state index contributed by atoms with van der Waals surface area (Å²) < 4.78 is 6.02. The van der Waals surface area contributed by atoms with Crippen LogP contribution in [0.5, 0.6) is 5.75 Å². The Bertz CT molecular complexity index is 910. The van der Waals surface area contributed by atoms with E-state index in [-0.39, 0.29) is 5.60 Å². The molecule has 29 heavy (non-hydrogen) atoms. The van der Waals surface area contributed by atoms with Crippen LogP contribution in [0.4, 0.5) is 0 Å². The Morgan fingerprint density at radius 2 is 2.07 bits per heavy atom. The first-order valence-electron chi connectivity index (χ1n) is 11.0. The molecule has 1 aromatic carbocycles. The first kappa shape index (κ1) is 19.0. The van der Waals surface area contributed by atoms with E-state index in [1.165, 1.54) is 41.6 Å². The average molecular weight is 393 g/mol. The molecule has 3 aliphatic rings. The Hall–Kier alpha value is -1.98. The predicted molar refractivity (Wildman–Crippen MR) is 114 cm³/mol. The quantitative estimate of drug-likeness (QED) is 0.792. The van der Waals surface area contributed by atoms with Gasteiger partial charge in [0.05, 0.1) is 6.04 Å². The van der Waals surface area contributed by atoms with Crippen LogP contribution in [0.15, 0.2) is 24.4 Å². The third-order valence-corrected chi connectivity index (χ3v) is 6.63. The van der Waals surface area contributed by atoms with Gasteiger partial charge in [-0.05, 0) is 57.5 Å². The van der Waals surface area contributed by atoms with Gasteiger partial charge in [0.15, 0.2) is 0 Å². The highest BCUT2D eigenvalue weighted by molar-refractivity contribution is 5.42. The second-order valence-corrected chi connectivity index (χ2v) is 9.63. The molecule has 0 saturated carbocycles. The van der Waals surface area contributed by atoms with Crippen LogP contribution in [0.3, 0.4) is 0 Å². The van der Waals surface area contributed by atoms with E-state index in [1.54, 1.807) is 0 Å². The molecule has 1 fully saturated rings. The van der Waals surface area contributed by atoms with E-state index in [0.29, 0.717) is 6.04 Å². The van der Waals surface area contributed by atoms with Crippen molar-refractivity contribution in [3.8, 4) is 5.75 Å². The van der Waals surface area contributed by atoms with Gasteiger partial charge in [-0.2, -0.15) is 0 Å². The number of benzene rings is 1. The number of nitrogens with zero attached hydrogens (tertiary/aromatic N) is 4. The minimum absolute atomic E-state index is 0.0769. The highest BCUT2D eigenvalue weighted by Gasteiger charge is 2.30. The Balaban J connectivity index is 1.27. The lowest BCUT2D eigenvalue weighted by Crippen LogP contribution is -2.33. The minimum atomic E-state index is -0.0769. The zero-order valence-electron chi connectivity index (χ0n) is 17.9. The number of hydrogen-bond donors (Lipinski definition) is 0. The maximum absolute atomic E-state index is 6.02. The van der Waals surface area contributed by atoms with E-state index < -0.39 is 0 Å². The molecule has 1 unspecified atom stereocenters. The number of likely N-dealkylation sites (tertiary alicyclic amines) is 1. The highest BCUT2D eigenvalue weighted by atomic mass is 16.5. The van der Waals surface area contributed by atoms with Crippen LogP contribution in [-0.2, 0) is 25.9 Å². The van der Waals surface area contributed by atoms with Gasteiger partial charge in [-0.25, -0.2) is 9.97 Å². The summed E-state index contributed by atoms with van der Waals surface area (Å²) in [6, 6.07) is 7.09. The van der Waals surface area contributed by atoms with Crippen LogP contribution < -0.4 is 4.74 Å². The van der Waals surface area contributed by atoms with Crippen LogP contribution in [-0.4, -0.2) is 45.5 Å². The Kier molecular flexibility index (Phi) is 4.83. The Morgan fingerprint density at radius 1 is 1.17 bits per heavy atom. The lowest BCUT2D eigenvalue weighted by Gasteiger charge is -2.32. The highest BCUT2D eigenvalue weighted by Crippen LogP contribution is 2.35. The number of piperidine rings is 1. The molecular formula is C24H32N4O. The molecule has 2 aromatic rings. The molecule has 0 N–H and O–H groups in total. The molecule has 1 atom stereocenters. The van der Waals surface area contributed by atoms with Crippen molar-refractivity contribution in [2.45, 2.75) is 70.7 Å². The molecule has 4 heterocycles. The van der Waals surface area contributed by atoms with Gasteiger partial charge >= 0.3 is 0 Å². The van der Waals surface area contributed by atoms with Crippen molar-refractivity contribution in [3.05, 3.63) is 52.6 Å². The van der Waals surface area contributed by atoms with Gasteiger partial charge in [-0.15, -0.1) is 0 Å². The van der Waals surface area contributed by atoms with Gasteiger partial charge in [0, 0.05) is 49.9 Å². The molecule has 3 aliphatic heterocycles. The van der Waals surface area contributed by atoms with Crippen molar-refractivity contribution in [2.24, 2.45) is 0 Å². The second kappa shape index (κ2) is 7.37. The Morgan fingerprint density at radius 3 is 2.93 bits per heavy atom. The molecule has 5 nitrogen and oxygen atoms in total. The second-order valence-electron chi connectivity index (χ2n) is 9.63. The lowest BCUT2D eigenvalue weighted by molar-refractivity contribution is 0.138. The molecule has 0 spiro atoms. The van der Waals surface area contributed by atoms with Gasteiger partial charge in [0.1, 0.15) is 17.2 Å². The van der Waals surface area contributed by atoms with Crippen molar-refractivity contribution in [1.82, 2.24) is 19.8 Å². The number of ether oxygens (including phenoxy) is 1. The molecule has 1 aromatic heterocycles. The van der Waals surface area contributed by atoms with Gasteiger partial charge in [0.25, 0.3) is 0 Å². The summed E-state index contributed by atoms with van der Waals surface area (Å²) in [6.07, 6.45) is 7.85. The fourth-order valence-corrected chi connectivity index (χ4v) is 5.11. The maximum Gasteiger partial charge on any atom is 0.145 e. The van der Waals surface area contributed by atoms with Gasteiger partial charge < -0.3 is 4.74 Å². The smallest absolute Gasteiger partial charge is 0.145 e. The minimum Gasteiger partial charge on any atom is -0.487 e. The van der Waals surface area contributed by atoms with Crippen molar-refractivity contribution in [3.63, 3.8) is 0 Å². The van der Waals surface area contributed by atoms with Crippen LogP contribution in [0.25, 0.3) is 0 Å². The normalized spacial score (nSPS) is 24.0. The molecule has 5 heteroatoms. The SMILES string of the molecule is CN1CCCCC1c1ncc2c(n1)CCN(Cc1ccc3c(c1)CC(C)(C)O3)C2. The van der Waals surface area contributed by atoms with Crippen LogP contribution >= 0.6 is 0 Å². The predicted octanol–water partition coefficient (Wildman–Crippen LogP) is 3.91. The molecule has 1 saturated heterocycles. The average Bonchev–Trinajstić information content (AvgIpc) is 3.01. The monoisotopic (exact) mass is 392 g/mol. The Labute approximate surface area is 174 Å². The van der Waals surface area contributed by atoms with Crippen LogP contribution in [0, 0.1) is 0 Å².